The molecule has 0 spiro atoms. The van der Waals surface area contributed by atoms with Gasteiger partial charge in [-0.3, -0.25) is 9.20 Å². The van der Waals surface area contributed by atoms with Gasteiger partial charge in [-0.1, -0.05) is 6.07 Å². The van der Waals surface area contributed by atoms with Crippen molar-refractivity contribution in [1.82, 2.24) is 19.4 Å². The first-order chi connectivity index (χ1) is 9.19. The van der Waals surface area contributed by atoms with Crippen LogP contribution in [0.15, 0.2) is 30.6 Å². The van der Waals surface area contributed by atoms with Crippen LogP contribution in [0, 0.1) is 13.8 Å². The van der Waals surface area contributed by atoms with Crippen molar-refractivity contribution in [2.45, 2.75) is 13.8 Å². The fraction of sp³-hybridized carbons (Fsp3) is 0.143. The second kappa shape index (κ2) is 4.28. The Morgan fingerprint density at radius 1 is 1.21 bits per heavy atom. The fourth-order valence-corrected chi connectivity index (χ4v) is 2.14. The summed E-state index contributed by atoms with van der Waals surface area (Å²) in [5.41, 5.74) is 3.92. The van der Waals surface area contributed by atoms with E-state index in [2.05, 4.69) is 15.0 Å². The van der Waals surface area contributed by atoms with E-state index in [4.69, 9.17) is 0 Å². The van der Waals surface area contributed by atoms with Crippen molar-refractivity contribution < 1.29 is 4.79 Å². The molecule has 3 aromatic rings. The Bertz CT molecular complexity index is 776. The lowest BCUT2D eigenvalue weighted by molar-refractivity contribution is 0.111. The van der Waals surface area contributed by atoms with Gasteiger partial charge in [0.2, 0.25) is 0 Å². The van der Waals surface area contributed by atoms with Crippen LogP contribution in [0.3, 0.4) is 0 Å². The van der Waals surface area contributed by atoms with Gasteiger partial charge in [0, 0.05) is 18.0 Å². The molecule has 3 heterocycles. The molecule has 0 N–H and O–H groups in total. The van der Waals surface area contributed by atoms with Crippen molar-refractivity contribution in [1.29, 1.82) is 0 Å². The number of nitrogens with zero attached hydrogens (tertiary/aromatic N) is 4. The van der Waals surface area contributed by atoms with Gasteiger partial charge in [-0.05, 0) is 26.0 Å². The molecule has 0 aliphatic carbocycles. The maximum Gasteiger partial charge on any atom is 0.170 e. The van der Waals surface area contributed by atoms with Crippen LogP contribution in [0.25, 0.3) is 16.9 Å². The Kier molecular flexibility index (Phi) is 2.59. The maximum atomic E-state index is 10.8. The van der Waals surface area contributed by atoms with Crippen LogP contribution >= 0.6 is 0 Å². The first kappa shape index (κ1) is 11.5. The summed E-state index contributed by atoms with van der Waals surface area (Å²) in [5.74, 6) is 0.743. The predicted molar refractivity (Wildman–Crippen MR) is 71.1 cm³/mol. The van der Waals surface area contributed by atoms with Crippen molar-refractivity contribution in [3.8, 4) is 11.3 Å². The summed E-state index contributed by atoms with van der Waals surface area (Å²) >= 11 is 0. The quantitative estimate of drug-likeness (QED) is 0.656. The van der Waals surface area contributed by atoms with Crippen LogP contribution in [-0.2, 0) is 0 Å². The summed E-state index contributed by atoms with van der Waals surface area (Å²) in [7, 11) is 0. The third-order valence-corrected chi connectivity index (χ3v) is 3.01. The number of aryl methyl sites for hydroxylation is 2. The molecule has 0 aliphatic rings. The third kappa shape index (κ3) is 1.89. The number of fused-ring (bicyclic) bond motifs is 1. The van der Waals surface area contributed by atoms with E-state index in [1.807, 2.05) is 36.4 Å². The molecule has 0 amide bonds. The van der Waals surface area contributed by atoms with Crippen LogP contribution in [-0.4, -0.2) is 25.6 Å². The van der Waals surface area contributed by atoms with Crippen molar-refractivity contribution in [3.63, 3.8) is 0 Å². The first-order valence-corrected chi connectivity index (χ1v) is 5.93. The van der Waals surface area contributed by atoms with E-state index < -0.39 is 0 Å². The molecule has 0 fully saturated rings. The molecule has 0 saturated heterocycles. The van der Waals surface area contributed by atoms with Crippen LogP contribution in [0.5, 0.6) is 0 Å². The Hall–Kier alpha value is -2.56. The molecule has 0 radical (unpaired) electrons. The zero-order chi connectivity index (χ0) is 13.4. The topological polar surface area (TPSA) is 60.2 Å². The molecule has 3 aromatic heterocycles. The van der Waals surface area contributed by atoms with Gasteiger partial charge in [0.25, 0.3) is 0 Å². The SMILES string of the molecule is Cc1ncc(-c2cccc3nc(C=O)cn23)c(C)n1. The number of aldehydes is 1. The standard InChI is InChI=1S/C14H12N4O/c1-9-12(6-15-10(2)16-9)13-4-3-5-14-17-11(8-19)7-18(13)14/h3-8H,1-2H3. The summed E-state index contributed by atoms with van der Waals surface area (Å²) in [5, 5.41) is 0. The van der Waals surface area contributed by atoms with E-state index in [9.17, 15) is 4.79 Å². The average Bonchev–Trinajstić information content (AvgIpc) is 2.82. The van der Waals surface area contributed by atoms with Gasteiger partial charge in [0.05, 0.1) is 11.4 Å². The lowest BCUT2D eigenvalue weighted by atomic mass is 10.1. The monoisotopic (exact) mass is 252 g/mol. The number of carbonyl (C=O) groups excluding carboxylic acids is 1. The normalized spacial score (nSPS) is 10.8. The molecule has 0 aliphatic heterocycles. The smallest absolute Gasteiger partial charge is 0.170 e. The first-order valence-electron chi connectivity index (χ1n) is 5.93. The molecule has 5 nitrogen and oxygen atoms in total. The average molecular weight is 252 g/mol. The predicted octanol–water partition coefficient (Wildman–Crippen LogP) is 2.22. The van der Waals surface area contributed by atoms with Crippen LogP contribution in [0.4, 0.5) is 0 Å². The van der Waals surface area contributed by atoms with Gasteiger partial charge in [-0.15, -0.1) is 0 Å². The highest BCUT2D eigenvalue weighted by atomic mass is 16.1. The number of aromatic nitrogens is 4. The van der Waals surface area contributed by atoms with Gasteiger partial charge in [0.1, 0.15) is 17.2 Å². The van der Waals surface area contributed by atoms with E-state index in [1.54, 1.807) is 12.4 Å². The minimum Gasteiger partial charge on any atom is -0.299 e. The molecule has 5 heteroatoms. The van der Waals surface area contributed by atoms with E-state index in [-0.39, 0.29) is 0 Å². The molecule has 0 aromatic carbocycles. The minimum atomic E-state index is 0.415. The number of imidazole rings is 1. The molecule has 0 atom stereocenters. The molecule has 19 heavy (non-hydrogen) atoms. The van der Waals surface area contributed by atoms with E-state index in [1.165, 1.54) is 0 Å². The highest BCUT2D eigenvalue weighted by molar-refractivity contribution is 5.75. The van der Waals surface area contributed by atoms with Crippen LogP contribution in [0.1, 0.15) is 22.0 Å². The highest BCUT2D eigenvalue weighted by Crippen LogP contribution is 2.22. The van der Waals surface area contributed by atoms with Gasteiger partial charge in [-0.25, -0.2) is 15.0 Å². The maximum absolute atomic E-state index is 10.8. The van der Waals surface area contributed by atoms with Crippen molar-refractivity contribution in [3.05, 3.63) is 47.8 Å². The van der Waals surface area contributed by atoms with Crippen molar-refractivity contribution in [2.75, 3.05) is 0 Å². The summed E-state index contributed by atoms with van der Waals surface area (Å²) in [6.45, 7) is 3.81. The van der Waals surface area contributed by atoms with Crippen molar-refractivity contribution >= 4 is 11.9 Å². The molecule has 94 valence electrons. The summed E-state index contributed by atoms with van der Waals surface area (Å²) < 4.78 is 1.88. The van der Waals surface area contributed by atoms with Gasteiger partial charge in [-0.2, -0.15) is 0 Å². The van der Waals surface area contributed by atoms with E-state index in [0.29, 0.717) is 5.69 Å². The second-order valence-electron chi connectivity index (χ2n) is 4.34. The Balaban J connectivity index is 2.29. The second-order valence-corrected chi connectivity index (χ2v) is 4.34. The van der Waals surface area contributed by atoms with Crippen LogP contribution < -0.4 is 0 Å². The highest BCUT2D eigenvalue weighted by Gasteiger charge is 2.10. The Morgan fingerprint density at radius 3 is 2.79 bits per heavy atom. The third-order valence-electron chi connectivity index (χ3n) is 3.01. The summed E-state index contributed by atoms with van der Waals surface area (Å²) in [6.07, 6.45) is 4.26. The number of hydrogen-bond donors (Lipinski definition) is 0. The zero-order valence-corrected chi connectivity index (χ0v) is 10.7. The Morgan fingerprint density at radius 2 is 2.05 bits per heavy atom. The molecule has 0 saturated carbocycles. The zero-order valence-electron chi connectivity index (χ0n) is 10.7. The van der Waals surface area contributed by atoms with Gasteiger partial charge in [0.15, 0.2) is 6.29 Å². The number of rotatable bonds is 2. The molecule has 0 bridgehead atoms. The van der Waals surface area contributed by atoms with E-state index in [0.717, 1.165) is 34.7 Å². The molecule has 3 rings (SSSR count). The lowest BCUT2D eigenvalue weighted by Gasteiger charge is -2.08. The lowest BCUT2D eigenvalue weighted by Crippen LogP contribution is -1.97. The van der Waals surface area contributed by atoms with Crippen LogP contribution in [0.2, 0.25) is 0 Å². The largest absolute Gasteiger partial charge is 0.299 e. The molecule has 0 unspecified atom stereocenters. The van der Waals surface area contributed by atoms with Crippen molar-refractivity contribution in [2.24, 2.45) is 0 Å². The number of carbonyl (C=O) groups is 1. The minimum absolute atomic E-state index is 0.415. The number of hydrogen-bond acceptors (Lipinski definition) is 4. The number of pyridine rings is 1. The molecular formula is C14H12N4O. The summed E-state index contributed by atoms with van der Waals surface area (Å²) in [6, 6.07) is 5.73. The fourth-order valence-electron chi connectivity index (χ4n) is 2.14. The van der Waals surface area contributed by atoms with E-state index >= 15 is 0 Å². The molecular weight excluding hydrogens is 240 g/mol. The van der Waals surface area contributed by atoms with Gasteiger partial charge < -0.3 is 0 Å². The summed E-state index contributed by atoms with van der Waals surface area (Å²) in [4.78, 5) is 23.7. The van der Waals surface area contributed by atoms with Gasteiger partial charge >= 0.3 is 0 Å². The Labute approximate surface area is 110 Å².